The van der Waals surface area contributed by atoms with E-state index in [0.29, 0.717) is 19.6 Å². The monoisotopic (exact) mass is 299 g/mol. The molecule has 0 bridgehead atoms. The molecule has 0 amide bonds. The Morgan fingerprint density at radius 2 is 2.29 bits per heavy atom. The number of aliphatic hydroxyl groups is 1. The van der Waals surface area contributed by atoms with Crippen molar-refractivity contribution in [1.29, 1.82) is 0 Å². The molecule has 0 radical (unpaired) electrons. The van der Waals surface area contributed by atoms with Crippen LogP contribution < -0.4 is 5.32 Å². The van der Waals surface area contributed by atoms with E-state index in [0.717, 1.165) is 11.0 Å². The highest BCUT2D eigenvalue weighted by Crippen LogP contribution is 2.25. The van der Waals surface area contributed by atoms with E-state index >= 15 is 0 Å². The molecular weight excluding hydrogens is 282 g/mol. The summed E-state index contributed by atoms with van der Waals surface area (Å²) in [6.45, 7) is 3.88. The van der Waals surface area contributed by atoms with E-state index < -0.39 is 5.60 Å². The maximum atomic E-state index is 10.3. The second kappa shape index (κ2) is 5.48. The minimum Gasteiger partial charge on any atom is -0.386 e. The summed E-state index contributed by atoms with van der Waals surface area (Å²) in [5.74, 6) is 0. The van der Waals surface area contributed by atoms with Gasteiger partial charge in [-0.25, -0.2) is 0 Å². The van der Waals surface area contributed by atoms with Gasteiger partial charge in [0.25, 0.3) is 0 Å². The molecule has 1 fully saturated rings. The normalized spacial score (nSPS) is 28.5. The minimum atomic E-state index is -0.721. The lowest BCUT2D eigenvalue weighted by Gasteiger charge is -2.26. The highest BCUT2D eigenvalue weighted by molar-refractivity contribution is 9.10. The third kappa shape index (κ3) is 3.07. The molecule has 1 aromatic rings. The molecule has 94 valence electrons. The third-order valence-electron chi connectivity index (χ3n) is 3.36. The van der Waals surface area contributed by atoms with E-state index in [4.69, 9.17) is 4.74 Å². The molecule has 2 atom stereocenters. The predicted octanol–water partition coefficient (Wildman–Crippen LogP) is 2.08. The topological polar surface area (TPSA) is 41.5 Å². The molecule has 17 heavy (non-hydrogen) atoms. The molecule has 1 heterocycles. The fourth-order valence-corrected chi connectivity index (χ4v) is 2.48. The number of nitrogens with one attached hydrogen (secondary N) is 1. The van der Waals surface area contributed by atoms with Gasteiger partial charge in [-0.15, -0.1) is 0 Å². The zero-order valence-electron chi connectivity index (χ0n) is 9.95. The van der Waals surface area contributed by atoms with Crippen molar-refractivity contribution >= 4 is 15.9 Å². The molecule has 1 saturated heterocycles. The molecule has 3 nitrogen and oxygen atoms in total. The summed E-state index contributed by atoms with van der Waals surface area (Å²) in [6, 6.07) is 8.09. The first-order valence-electron chi connectivity index (χ1n) is 5.90. The first-order chi connectivity index (χ1) is 8.12. The van der Waals surface area contributed by atoms with Gasteiger partial charge in [0.2, 0.25) is 0 Å². The van der Waals surface area contributed by atoms with E-state index in [1.54, 1.807) is 0 Å². The fourth-order valence-electron chi connectivity index (χ4n) is 2.06. The average Bonchev–Trinajstić information content (AvgIpc) is 2.62. The summed E-state index contributed by atoms with van der Waals surface area (Å²) in [6.07, 6.45) is 0.617. The smallest absolute Gasteiger partial charge is 0.105 e. The summed E-state index contributed by atoms with van der Waals surface area (Å²) < 4.78 is 6.49. The Morgan fingerprint density at radius 1 is 1.53 bits per heavy atom. The highest BCUT2D eigenvalue weighted by Gasteiger charge is 2.38. The first-order valence-corrected chi connectivity index (χ1v) is 6.69. The zero-order chi connectivity index (χ0) is 12.3. The van der Waals surface area contributed by atoms with Gasteiger partial charge >= 0.3 is 0 Å². The predicted molar refractivity (Wildman–Crippen MR) is 70.8 cm³/mol. The Morgan fingerprint density at radius 3 is 2.94 bits per heavy atom. The summed E-state index contributed by atoms with van der Waals surface area (Å²) in [4.78, 5) is 0. The second-order valence-electron chi connectivity index (χ2n) is 4.56. The Labute approximate surface area is 110 Å². The standard InChI is InChI=1S/C13H18BrNO2/c1-10-13(16,6-7-17-10)9-15-8-11-4-2-3-5-12(11)14/h2-5,10,15-16H,6-9H2,1H3. The largest absolute Gasteiger partial charge is 0.386 e. The fraction of sp³-hybridized carbons (Fsp3) is 0.538. The van der Waals surface area contributed by atoms with E-state index in [9.17, 15) is 5.11 Å². The van der Waals surface area contributed by atoms with Crippen molar-refractivity contribution in [3.63, 3.8) is 0 Å². The lowest BCUT2D eigenvalue weighted by molar-refractivity contribution is -0.0263. The molecule has 1 aromatic carbocycles. The minimum absolute atomic E-state index is 0.0887. The number of halogens is 1. The molecule has 2 rings (SSSR count). The van der Waals surface area contributed by atoms with Crippen LogP contribution in [-0.4, -0.2) is 30.0 Å². The van der Waals surface area contributed by atoms with Crippen LogP contribution >= 0.6 is 15.9 Å². The Kier molecular flexibility index (Phi) is 4.20. The molecule has 0 aliphatic carbocycles. The van der Waals surface area contributed by atoms with E-state index in [2.05, 4.69) is 27.3 Å². The molecule has 0 spiro atoms. The van der Waals surface area contributed by atoms with Crippen molar-refractivity contribution in [2.24, 2.45) is 0 Å². The number of ether oxygens (including phenoxy) is 1. The van der Waals surface area contributed by atoms with Gasteiger partial charge in [0.15, 0.2) is 0 Å². The van der Waals surface area contributed by atoms with Gasteiger partial charge in [-0.3, -0.25) is 0 Å². The van der Waals surface area contributed by atoms with E-state index in [-0.39, 0.29) is 6.10 Å². The molecule has 1 aliphatic heterocycles. The Hall–Kier alpha value is -0.420. The molecule has 2 N–H and O–H groups in total. The third-order valence-corrected chi connectivity index (χ3v) is 4.14. The molecule has 2 unspecified atom stereocenters. The van der Waals surface area contributed by atoms with Crippen LogP contribution in [0, 0.1) is 0 Å². The van der Waals surface area contributed by atoms with E-state index in [1.165, 1.54) is 5.56 Å². The van der Waals surface area contributed by atoms with Gasteiger partial charge in [0, 0.05) is 30.6 Å². The molecule has 0 saturated carbocycles. The van der Waals surface area contributed by atoms with Gasteiger partial charge < -0.3 is 15.2 Å². The van der Waals surface area contributed by atoms with Gasteiger partial charge in [-0.2, -0.15) is 0 Å². The van der Waals surface area contributed by atoms with Gasteiger partial charge in [0.1, 0.15) is 5.60 Å². The first kappa shape index (κ1) is 13.0. The number of hydrogen-bond donors (Lipinski definition) is 2. The summed E-state index contributed by atoms with van der Waals surface area (Å²) in [5.41, 5.74) is 0.476. The quantitative estimate of drug-likeness (QED) is 0.894. The van der Waals surface area contributed by atoms with Crippen molar-refractivity contribution in [3.05, 3.63) is 34.3 Å². The number of hydrogen-bond acceptors (Lipinski definition) is 3. The van der Waals surface area contributed by atoms with Crippen LogP contribution in [0.2, 0.25) is 0 Å². The van der Waals surface area contributed by atoms with Crippen molar-refractivity contribution in [2.75, 3.05) is 13.2 Å². The van der Waals surface area contributed by atoms with Gasteiger partial charge in [-0.05, 0) is 18.6 Å². The van der Waals surface area contributed by atoms with Crippen LogP contribution in [0.1, 0.15) is 18.9 Å². The van der Waals surface area contributed by atoms with Crippen LogP contribution in [0.3, 0.4) is 0 Å². The van der Waals surface area contributed by atoms with Crippen LogP contribution in [-0.2, 0) is 11.3 Å². The van der Waals surface area contributed by atoms with Crippen LogP contribution in [0.5, 0.6) is 0 Å². The second-order valence-corrected chi connectivity index (χ2v) is 5.42. The lowest BCUT2D eigenvalue weighted by atomic mass is 9.96. The maximum Gasteiger partial charge on any atom is 0.105 e. The maximum absolute atomic E-state index is 10.3. The van der Waals surface area contributed by atoms with Crippen LogP contribution in [0.25, 0.3) is 0 Å². The average molecular weight is 300 g/mol. The van der Waals surface area contributed by atoms with Gasteiger partial charge in [-0.1, -0.05) is 34.1 Å². The molecule has 4 heteroatoms. The van der Waals surface area contributed by atoms with Crippen molar-refractivity contribution in [1.82, 2.24) is 5.32 Å². The number of benzene rings is 1. The molecule has 0 aromatic heterocycles. The molecular formula is C13H18BrNO2. The van der Waals surface area contributed by atoms with Crippen molar-refractivity contribution < 1.29 is 9.84 Å². The Bertz CT molecular complexity index is 385. The van der Waals surface area contributed by atoms with E-state index in [1.807, 2.05) is 25.1 Å². The van der Waals surface area contributed by atoms with Crippen molar-refractivity contribution in [3.8, 4) is 0 Å². The lowest BCUT2D eigenvalue weighted by Crippen LogP contribution is -2.45. The van der Waals surface area contributed by atoms with Gasteiger partial charge in [0.05, 0.1) is 6.10 Å². The van der Waals surface area contributed by atoms with Crippen LogP contribution in [0.15, 0.2) is 28.7 Å². The Balaban J connectivity index is 1.86. The highest BCUT2D eigenvalue weighted by atomic mass is 79.9. The molecule has 1 aliphatic rings. The zero-order valence-corrected chi connectivity index (χ0v) is 11.5. The van der Waals surface area contributed by atoms with Crippen molar-refractivity contribution in [2.45, 2.75) is 31.6 Å². The SMILES string of the molecule is CC1OCCC1(O)CNCc1ccccc1Br. The summed E-state index contributed by atoms with van der Waals surface area (Å²) >= 11 is 3.51. The summed E-state index contributed by atoms with van der Waals surface area (Å²) in [7, 11) is 0. The summed E-state index contributed by atoms with van der Waals surface area (Å²) in [5, 5.41) is 13.6. The van der Waals surface area contributed by atoms with Crippen LogP contribution in [0.4, 0.5) is 0 Å². The number of rotatable bonds is 4.